The van der Waals surface area contributed by atoms with Gasteiger partial charge in [0.1, 0.15) is 0 Å². The summed E-state index contributed by atoms with van der Waals surface area (Å²) in [7, 11) is 1.89. The average molecular weight is 365 g/mol. The number of likely N-dealkylation sites (tertiary alicyclic amines) is 1. The van der Waals surface area contributed by atoms with Crippen molar-refractivity contribution in [1.29, 1.82) is 0 Å². The maximum atomic E-state index is 12.4. The van der Waals surface area contributed by atoms with Gasteiger partial charge in [-0.2, -0.15) is 15.3 Å². The van der Waals surface area contributed by atoms with E-state index in [0.29, 0.717) is 12.2 Å². The molecule has 0 atom stereocenters. The summed E-state index contributed by atoms with van der Waals surface area (Å²) < 4.78 is 1.77. The van der Waals surface area contributed by atoms with Gasteiger partial charge in [-0.25, -0.2) is 0 Å². The second kappa shape index (κ2) is 7.54. The standard InChI is InChI=1S/C20H23N5O2/c1-24-12-16(11-21-24)14-2-3-20-15(8-14)9-17(22-23-20)10-19(27)13-25-6-4-18(26)5-7-25/h2-3,8-9,11-12,18,26H,4-7,10,13H2,1H3. The van der Waals surface area contributed by atoms with E-state index in [-0.39, 0.29) is 18.3 Å². The molecule has 0 bridgehead atoms. The van der Waals surface area contributed by atoms with Gasteiger partial charge in [0, 0.05) is 37.3 Å². The van der Waals surface area contributed by atoms with Crippen molar-refractivity contribution in [2.24, 2.45) is 7.05 Å². The van der Waals surface area contributed by atoms with Gasteiger partial charge in [-0.05, 0) is 36.6 Å². The highest BCUT2D eigenvalue weighted by molar-refractivity contribution is 5.86. The van der Waals surface area contributed by atoms with Crippen molar-refractivity contribution in [2.75, 3.05) is 19.6 Å². The molecule has 7 nitrogen and oxygen atoms in total. The molecule has 1 fully saturated rings. The van der Waals surface area contributed by atoms with Gasteiger partial charge in [0.15, 0.2) is 5.78 Å². The molecule has 1 aromatic carbocycles. The Morgan fingerprint density at radius 2 is 2.00 bits per heavy atom. The smallest absolute Gasteiger partial charge is 0.152 e. The van der Waals surface area contributed by atoms with E-state index in [2.05, 4.69) is 26.3 Å². The summed E-state index contributed by atoms with van der Waals surface area (Å²) in [5.41, 5.74) is 3.60. The van der Waals surface area contributed by atoms with Gasteiger partial charge in [-0.3, -0.25) is 14.4 Å². The molecular formula is C20H23N5O2. The molecule has 0 saturated carbocycles. The van der Waals surface area contributed by atoms with Crippen LogP contribution in [0.25, 0.3) is 22.0 Å². The Kier molecular flexibility index (Phi) is 4.96. The van der Waals surface area contributed by atoms with Crippen molar-refractivity contribution in [3.8, 4) is 11.1 Å². The largest absolute Gasteiger partial charge is 0.393 e. The lowest BCUT2D eigenvalue weighted by molar-refractivity contribution is -0.120. The normalized spacial score (nSPS) is 16.1. The van der Waals surface area contributed by atoms with Crippen LogP contribution < -0.4 is 0 Å². The summed E-state index contributed by atoms with van der Waals surface area (Å²) >= 11 is 0. The highest BCUT2D eigenvalue weighted by atomic mass is 16.3. The van der Waals surface area contributed by atoms with Crippen molar-refractivity contribution in [3.05, 3.63) is 42.4 Å². The zero-order valence-electron chi connectivity index (χ0n) is 15.4. The lowest BCUT2D eigenvalue weighted by Gasteiger charge is -2.28. The summed E-state index contributed by atoms with van der Waals surface area (Å²) in [5.74, 6) is 0.128. The Morgan fingerprint density at radius 1 is 1.19 bits per heavy atom. The molecule has 140 valence electrons. The minimum atomic E-state index is -0.225. The fraction of sp³-hybridized carbons (Fsp3) is 0.400. The average Bonchev–Trinajstić information content (AvgIpc) is 3.09. The molecule has 3 heterocycles. The molecule has 3 aromatic rings. The molecule has 7 heteroatoms. The van der Waals surface area contributed by atoms with E-state index >= 15 is 0 Å². The van der Waals surface area contributed by atoms with Crippen LogP contribution >= 0.6 is 0 Å². The second-order valence-corrected chi connectivity index (χ2v) is 7.23. The van der Waals surface area contributed by atoms with Crippen LogP contribution in [0.4, 0.5) is 0 Å². The van der Waals surface area contributed by atoms with Crippen LogP contribution in [0.15, 0.2) is 36.7 Å². The molecule has 0 radical (unpaired) electrons. The molecular weight excluding hydrogens is 342 g/mol. The first-order chi connectivity index (χ1) is 13.1. The molecule has 1 saturated heterocycles. The highest BCUT2D eigenvalue weighted by Crippen LogP contribution is 2.23. The fourth-order valence-electron chi connectivity index (χ4n) is 3.51. The lowest BCUT2D eigenvalue weighted by Crippen LogP contribution is -2.39. The molecule has 2 aromatic heterocycles. The molecule has 1 aliphatic rings. The van der Waals surface area contributed by atoms with Crippen LogP contribution in [0.5, 0.6) is 0 Å². The maximum absolute atomic E-state index is 12.4. The summed E-state index contributed by atoms with van der Waals surface area (Å²) in [6.45, 7) is 1.94. The first kappa shape index (κ1) is 17.8. The predicted octanol–water partition coefficient (Wildman–Crippen LogP) is 1.60. The van der Waals surface area contributed by atoms with Crippen molar-refractivity contribution in [1.82, 2.24) is 24.9 Å². The van der Waals surface area contributed by atoms with Crippen LogP contribution in [0, 0.1) is 0 Å². The van der Waals surface area contributed by atoms with E-state index in [1.807, 2.05) is 37.6 Å². The number of Topliss-reactive ketones (excluding diaryl/α,β-unsaturated/α-hetero) is 1. The Labute approximate surface area is 157 Å². The number of aliphatic hydroxyl groups is 1. The highest BCUT2D eigenvalue weighted by Gasteiger charge is 2.19. The Morgan fingerprint density at radius 3 is 2.74 bits per heavy atom. The Balaban J connectivity index is 1.48. The molecule has 0 aliphatic carbocycles. The number of rotatable bonds is 5. The third kappa shape index (κ3) is 4.20. The summed E-state index contributed by atoms with van der Waals surface area (Å²) in [5, 5.41) is 23.2. The zero-order chi connectivity index (χ0) is 18.8. The molecule has 0 unspecified atom stereocenters. The zero-order valence-corrected chi connectivity index (χ0v) is 15.4. The van der Waals surface area contributed by atoms with Gasteiger partial charge < -0.3 is 5.11 Å². The number of aromatic nitrogens is 4. The number of carbonyl (C=O) groups excluding carboxylic acids is 1. The van der Waals surface area contributed by atoms with E-state index in [4.69, 9.17) is 0 Å². The predicted molar refractivity (Wildman–Crippen MR) is 102 cm³/mol. The number of aryl methyl sites for hydroxylation is 1. The Bertz CT molecular complexity index is 960. The van der Waals surface area contributed by atoms with Crippen molar-refractivity contribution in [2.45, 2.75) is 25.4 Å². The summed E-state index contributed by atoms with van der Waals surface area (Å²) in [6.07, 6.45) is 5.32. The maximum Gasteiger partial charge on any atom is 0.152 e. The number of piperidine rings is 1. The Hall–Kier alpha value is -2.64. The van der Waals surface area contributed by atoms with Crippen LogP contribution in [-0.2, 0) is 18.3 Å². The van der Waals surface area contributed by atoms with Gasteiger partial charge in [-0.1, -0.05) is 6.07 Å². The van der Waals surface area contributed by atoms with Crippen LogP contribution in [0.1, 0.15) is 18.5 Å². The molecule has 1 N–H and O–H groups in total. The number of nitrogens with zero attached hydrogens (tertiary/aromatic N) is 5. The number of aliphatic hydroxyl groups excluding tert-OH is 1. The van der Waals surface area contributed by atoms with Gasteiger partial charge in [0.2, 0.25) is 0 Å². The van der Waals surface area contributed by atoms with E-state index in [1.165, 1.54) is 0 Å². The minimum absolute atomic E-state index is 0.128. The fourth-order valence-corrected chi connectivity index (χ4v) is 3.51. The first-order valence-corrected chi connectivity index (χ1v) is 9.24. The number of benzene rings is 1. The second-order valence-electron chi connectivity index (χ2n) is 7.23. The van der Waals surface area contributed by atoms with Crippen LogP contribution in [-0.4, -0.2) is 61.5 Å². The van der Waals surface area contributed by atoms with Crippen molar-refractivity contribution < 1.29 is 9.90 Å². The molecule has 1 aliphatic heterocycles. The third-order valence-corrected chi connectivity index (χ3v) is 5.01. The number of hydrogen-bond acceptors (Lipinski definition) is 6. The first-order valence-electron chi connectivity index (χ1n) is 9.24. The minimum Gasteiger partial charge on any atom is -0.393 e. The SMILES string of the molecule is Cn1cc(-c2ccc3nnc(CC(=O)CN4CCC(O)CC4)cc3c2)cn1. The van der Waals surface area contributed by atoms with Crippen molar-refractivity contribution >= 4 is 16.7 Å². The molecule has 27 heavy (non-hydrogen) atoms. The lowest BCUT2D eigenvalue weighted by atomic mass is 10.0. The van der Waals surface area contributed by atoms with Gasteiger partial charge >= 0.3 is 0 Å². The molecule has 0 amide bonds. The van der Waals surface area contributed by atoms with E-state index < -0.39 is 0 Å². The molecule has 0 spiro atoms. The summed E-state index contributed by atoms with van der Waals surface area (Å²) in [6, 6.07) is 7.94. The van der Waals surface area contributed by atoms with Crippen molar-refractivity contribution in [3.63, 3.8) is 0 Å². The third-order valence-electron chi connectivity index (χ3n) is 5.01. The monoisotopic (exact) mass is 365 g/mol. The number of hydrogen-bond donors (Lipinski definition) is 1. The van der Waals surface area contributed by atoms with Gasteiger partial charge in [0.05, 0.1) is 36.5 Å². The van der Waals surface area contributed by atoms with E-state index in [1.54, 1.807) is 4.68 Å². The summed E-state index contributed by atoms with van der Waals surface area (Å²) in [4.78, 5) is 14.5. The van der Waals surface area contributed by atoms with Gasteiger partial charge in [0.25, 0.3) is 0 Å². The molecule has 4 rings (SSSR count). The van der Waals surface area contributed by atoms with E-state index in [9.17, 15) is 9.90 Å². The number of carbonyl (C=O) groups is 1. The number of ketones is 1. The van der Waals surface area contributed by atoms with E-state index in [0.717, 1.165) is 48.0 Å². The van der Waals surface area contributed by atoms with Crippen LogP contribution in [0.2, 0.25) is 0 Å². The topological polar surface area (TPSA) is 84.1 Å². The van der Waals surface area contributed by atoms with Crippen LogP contribution in [0.3, 0.4) is 0 Å². The quantitative estimate of drug-likeness (QED) is 0.739. The van der Waals surface area contributed by atoms with Gasteiger partial charge in [-0.15, -0.1) is 0 Å². The number of fused-ring (bicyclic) bond motifs is 1.